The van der Waals surface area contributed by atoms with Gasteiger partial charge in [0.2, 0.25) is 10.0 Å². The van der Waals surface area contributed by atoms with Crippen molar-refractivity contribution < 1.29 is 18.3 Å². The molecule has 5 nitrogen and oxygen atoms in total. The van der Waals surface area contributed by atoms with E-state index in [4.69, 9.17) is 0 Å². The molecular weight excluding hydrogens is 274 g/mol. The van der Waals surface area contributed by atoms with Gasteiger partial charge in [0.05, 0.1) is 10.1 Å². The number of carbonyl (C=O) groups is 1. The van der Waals surface area contributed by atoms with Gasteiger partial charge in [0, 0.05) is 5.75 Å². The van der Waals surface area contributed by atoms with Crippen LogP contribution >= 0.6 is 11.8 Å². The Hall–Kier alpha value is -0.270. The van der Waals surface area contributed by atoms with Crippen molar-refractivity contribution in [1.82, 2.24) is 4.31 Å². The molecule has 0 amide bonds. The molecule has 1 aliphatic carbocycles. The highest BCUT2D eigenvalue weighted by atomic mass is 32.2. The summed E-state index contributed by atoms with van der Waals surface area (Å²) < 4.78 is 25.4. The molecule has 2 unspecified atom stereocenters. The summed E-state index contributed by atoms with van der Waals surface area (Å²) in [4.78, 5) is 11.3. The minimum absolute atomic E-state index is 0.185. The summed E-state index contributed by atoms with van der Waals surface area (Å²) in [7, 11) is -3.59. The Kier molecular flexibility index (Phi) is 3.44. The van der Waals surface area contributed by atoms with E-state index in [9.17, 15) is 18.3 Å². The summed E-state index contributed by atoms with van der Waals surface area (Å²) >= 11 is 1.47. The van der Waals surface area contributed by atoms with Crippen LogP contribution < -0.4 is 0 Å². The highest BCUT2D eigenvalue weighted by Crippen LogP contribution is 2.47. The zero-order valence-electron chi connectivity index (χ0n) is 10.8. The molecule has 104 valence electrons. The van der Waals surface area contributed by atoms with Crippen LogP contribution in [0.15, 0.2) is 0 Å². The third-order valence-corrected chi connectivity index (χ3v) is 7.52. The molecule has 1 saturated carbocycles. The molecule has 2 rings (SSSR count). The lowest BCUT2D eigenvalue weighted by Crippen LogP contribution is -2.52. The molecule has 1 N–H and O–H groups in total. The molecule has 0 aromatic carbocycles. The van der Waals surface area contributed by atoms with Crippen molar-refractivity contribution >= 4 is 27.8 Å². The fourth-order valence-electron chi connectivity index (χ4n) is 2.04. The van der Waals surface area contributed by atoms with Crippen molar-refractivity contribution in [2.75, 3.05) is 5.75 Å². The van der Waals surface area contributed by atoms with Crippen LogP contribution in [0, 0.1) is 5.92 Å². The lowest BCUT2D eigenvalue weighted by Gasteiger charge is -2.32. The van der Waals surface area contributed by atoms with E-state index in [2.05, 4.69) is 0 Å². The predicted molar refractivity (Wildman–Crippen MR) is 70.9 cm³/mol. The second-order valence-electron chi connectivity index (χ2n) is 5.86. The number of thioether (sulfide) groups is 1. The number of carboxylic acids is 1. The first-order valence-electron chi connectivity index (χ1n) is 6.04. The molecule has 2 fully saturated rings. The molecular formula is C11H19NO4S2. The van der Waals surface area contributed by atoms with Crippen molar-refractivity contribution in [3.63, 3.8) is 0 Å². The average Bonchev–Trinajstić information content (AvgIpc) is 2.94. The molecule has 2 aliphatic rings. The number of hydrogen-bond donors (Lipinski definition) is 1. The maximum absolute atomic E-state index is 12.6. The Bertz CT molecular complexity index is 450. The Morgan fingerprint density at radius 1 is 1.33 bits per heavy atom. The van der Waals surface area contributed by atoms with E-state index >= 15 is 0 Å². The van der Waals surface area contributed by atoms with Crippen LogP contribution in [-0.2, 0) is 14.8 Å². The number of aliphatic carboxylic acids is 1. The monoisotopic (exact) mass is 293 g/mol. The summed E-state index contributed by atoms with van der Waals surface area (Å²) in [5, 5.41) is 9.03. The van der Waals surface area contributed by atoms with Crippen molar-refractivity contribution in [2.45, 2.75) is 49.8 Å². The van der Waals surface area contributed by atoms with Gasteiger partial charge in [-0.15, -0.1) is 11.8 Å². The quantitative estimate of drug-likeness (QED) is 0.850. The van der Waals surface area contributed by atoms with Gasteiger partial charge < -0.3 is 5.11 Å². The maximum atomic E-state index is 12.6. The first kappa shape index (κ1) is 14.1. The van der Waals surface area contributed by atoms with Crippen molar-refractivity contribution in [3.05, 3.63) is 0 Å². The summed E-state index contributed by atoms with van der Waals surface area (Å²) in [6, 6.07) is -0.912. The average molecular weight is 293 g/mol. The van der Waals surface area contributed by atoms with Gasteiger partial charge in [0.25, 0.3) is 0 Å². The molecule has 2 atom stereocenters. The summed E-state index contributed by atoms with van der Waals surface area (Å²) in [5.41, 5.74) is 0. The van der Waals surface area contributed by atoms with Gasteiger partial charge in [-0.2, -0.15) is 4.31 Å². The van der Waals surface area contributed by atoms with E-state index in [1.165, 1.54) is 16.1 Å². The zero-order chi connectivity index (χ0) is 13.7. The summed E-state index contributed by atoms with van der Waals surface area (Å²) in [6.07, 6.45) is 2.00. The van der Waals surface area contributed by atoms with Crippen molar-refractivity contribution in [1.29, 1.82) is 0 Å². The number of rotatable bonds is 3. The normalized spacial score (nSPS) is 30.6. The minimum atomic E-state index is -3.59. The van der Waals surface area contributed by atoms with Gasteiger partial charge in [0.1, 0.15) is 6.04 Å². The summed E-state index contributed by atoms with van der Waals surface area (Å²) in [5.74, 6) is -0.360. The van der Waals surface area contributed by atoms with E-state index in [1.807, 2.05) is 0 Å². The second-order valence-corrected chi connectivity index (χ2v) is 9.61. The molecule has 0 radical (unpaired) electrons. The van der Waals surface area contributed by atoms with E-state index < -0.39 is 26.8 Å². The van der Waals surface area contributed by atoms with E-state index in [-0.39, 0.29) is 5.37 Å². The Morgan fingerprint density at radius 2 is 1.89 bits per heavy atom. The van der Waals surface area contributed by atoms with Crippen LogP contribution in [0.2, 0.25) is 0 Å². The van der Waals surface area contributed by atoms with Crippen molar-refractivity contribution in [3.8, 4) is 0 Å². The first-order valence-corrected chi connectivity index (χ1v) is 8.52. The SMILES string of the molecule is CC(C)(C)S(=O)(=O)N1C(C(=O)O)CSC1C1CC1. The topological polar surface area (TPSA) is 74.7 Å². The fourth-order valence-corrected chi connectivity index (χ4v) is 5.76. The molecule has 0 aromatic heterocycles. The van der Waals surface area contributed by atoms with E-state index in [0.717, 1.165) is 12.8 Å². The van der Waals surface area contributed by atoms with Crippen LogP contribution in [0.25, 0.3) is 0 Å². The highest BCUT2D eigenvalue weighted by Gasteiger charge is 2.53. The van der Waals surface area contributed by atoms with Gasteiger partial charge in [-0.25, -0.2) is 8.42 Å². The number of hydrogen-bond acceptors (Lipinski definition) is 4. The molecule has 0 spiro atoms. The number of carboxylic acid groups (broad SMARTS) is 1. The molecule has 1 aliphatic heterocycles. The van der Waals surface area contributed by atoms with Gasteiger partial charge >= 0.3 is 5.97 Å². The van der Waals surface area contributed by atoms with Crippen LogP contribution in [0.5, 0.6) is 0 Å². The van der Waals surface area contributed by atoms with E-state index in [0.29, 0.717) is 11.7 Å². The van der Waals surface area contributed by atoms with Crippen LogP contribution in [0.3, 0.4) is 0 Å². The number of sulfonamides is 1. The smallest absolute Gasteiger partial charge is 0.322 e. The molecule has 7 heteroatoms. The Balaban J connectivity index is 2.37. The Labute approximate surface area is 112 Å². The van der Waals surface area contributed by atoms with Crippen LogP contribution in [-0.4, -0.2) is 45.7 Å². The van der Waals surface area contributed by atoms with E-state index in [1.54, 1.807) is 20.8 Å². The van der Waals surface area contributed by atoms with Gasteiger partial charge in [-0.05, 0) is 39.5 Å². The summed E-state index contributed by atoms with van der Waals surface area (Å²) in [6.45, 7) is 4.86. The number of nitrogens with zero attached hydrogens (tertiary/aromatic N) is 1. The third kappa shape index (κ3) is 2.28. The zero-order valence-corrected chi connectivity index (χ0v) is 12.4. The third-order valence-electron chi connectivity index (χ3n) is 3.34. The Morgan fingerprint density at radius 3 is 2.28 bits per heavy atom. The van der Waals surface area contributed by atoms with Gasteiger partial charge in [0.15, 0.2) is 0 Å². The van der Waals surface area contributed by atoms with Gasteiger partial charge in [-0.1, -0.05) is 0 Å². The first-order chi connectivity index (χ1) is 8.16. The standard InChI is InChI=1S/C11H19NO4S2/c1-11(2,3)18(15,16)12-8(10(13)14)6-17-9(12)7-4-5-7/h7-9H,4-6H2,1-3H3,(H,13,14). The fraction of sp³-hybridized carbons (Fsp3) is 0.909. The second kappa shape index (κ2) is 4.38. The maximum Gasteiger partial charge on any atom is 0.322 e. The largest absolute Gasteiger partial charge is 0.480 e. The highest BCUT2D eigenvalue weighted by molar-refractivity contribution is 8.01. The molecule has 0 aromatic rings. The van der Waals surface area contributed by atoms with Crippen molar-refractivity contribution in [2.24, 2.45) is 5.92 Å². The molecule has 1 saturated heterocycles. The molecule has 1 heterocycles. The minimum Gasteiger partial charge on any atom is -0.480 e. The predicted octanol–water partition coefficient (Wildman–Crippen LogP) is 1.35. The van der Waals surface area contributed by atoms with Gasteiger partial charge in [-0.3, -0.25) is 4.79 Å². The lowest BCUT2D eigenvalue weighted by atomic mass is 10.3. The van der Waals surface area contributed by atoms with Crippen LogP contribution in [0.4, 0.5) is 0 Å². The molecule has 18 heavy (non-hydrogen) atoms. The lowest BCUT2D eigenvalue weighted by molar-refractivity contribution is -0.140. The van der Waals surface area contributed by atoms with Crippen LogP contribution in [0.1, 0.15) is 33.6 Å². The molecule has 0 bridgehead atoms.